The van der Waals surface area contributed by atoms with Gasteiger partial charge in [-0.1, -0.05) is 78.9 Å². The lowest BCUT2D eigenvalue weighted by molar-refractivity contribution is 0.962. The number of hydrogen-bond acceptors (Lipinski definition) is 2. The number of hydrogen-bond donors (Lipinski definition) is 2. The molecule has 3 aromatic carbocycles. The molecule has 0 aliphatic heterocycles. The SMILES string of the molecule is Cc1ccccc1-c1c(C)ccc(-c2ccc(/C(N)=C/C=C(\N)C3=CC=CCC3)cc2)c1C. The van der Waals surface area contributed by atoms with Crippen molar-refractivity contribution in [2.45, 2.75) is 33.6 Å². The van der Waals surface area contributed by atoms with Crippen LogP contribution in [0.3, 0.4) is 0 Å². The van der Waals surface area contributed by atoms with E-state index in [0.29, 0.717) is 5.70 Å². The fourth-order valence-corrected chi connectivity index (χ4v) is 4.50. The molecular formula is C31H32N2. The average Bonchev–Trinajstić information content (AvgIpc) is 2.84. The lowest BCUT2D eigenvalue weighted by Gasteiger charge is -2.17. The molecule has 0 aromatic heterocycles. The van der Waals surface area contributed by atoms with Crippen LogP contribution in [0.5, 0.6) is 0 Å². The zero-order valence-corrected chi connectivity index (χ0v) is 19.7. The first kappa shape index (κ1) is 22.4. The molecule has 0 amide bonds. The molecule has 1 aliphatic carbocycles. The van der Waals surface area contributed by atoms with E-state index < -0.39 is 0 Å². The van der Waals surface area contributed by atoms with Crippen molar-refractivity contribution in [3.63, 3.8) is 0 Å². The third-order valence-electron chi connectivity index (χ3n) is 6.44. The topological polar surface area (TPSA) is 52.0 Å². The number of rotatable bonds is 5. The standard InChI is InChI=1S/C31H32N2/c1-21-9-7-8-12-27(21)31-22(2)13-18-28(23(31)3)24-14-16-26(17-15-24)30(33)20-19-29(32)25-10-5-4-6-11-25/h4-5,7-10,12-20H,6,11,32-33H2,1-3H3/b29-19-,30-20-. The second-order valence-electron chi connectivity index (χ2n) is 8.73. The average molecular weight is 433 g/mol. The van der Waals surface area contributed by atoms with Crippen molar-refractivity contribution >= 4 is 5.70 Å². The second-order valence-corrected chi connectivity index (χ2v) is 8.73. The van der Waals surface area contributed by atoms with Crippen LogP contribution in [0.4, 0.5) is 0 Å². The van der Waals surface area contributed by atoms with Crippen molar-refractivity contribution in [1.29, 1.82) is 0 Å². The van der Waals surface area contributed by atoms with Crippen molar-refractivity contribution in [1.82, 2.24) is 0 Å². The Labute approximate surface area is 197 Å². The fraction of sp³-hybridized carbons (Fsp3) is 0.161. The van der Waals surface area contributed by atoms with E-state index in [2.05, 4.69) is 99.7 Å². The van der Waals surface area contributed by atoms with Gasteiger partial charge in [-0.25, -0.2) is 0 Å². The van der Waals surface area contributed by atoms with Gasteiger partial charge in [0, 0.05) is 11.4 Å². The van der Waals surface area contributed by atoms with E-state index in [1.165, 1.54) is 38.9 Å². The highest BCUT2D eigenvalue weighted by Gasteiger charge is 2.13. The zero-order valence-electron chi connectivity index (χ0n) is 19.7. The Morgan fingerprint density at radius 3 is 2.18 bits per heavy atom. The molecule has 4 N–H and O–H groups in total. The minimum absolute atomic E-state index is 0.706. The van der Waals surface area contributed by atoms with Gasteiger partial charge >= 0.3 is 0 Å². The van der Waals surface area contributed by atoms with Gasteiger partial charge in [0.15, 0.2) is 0 Å². The Morgan fingerprint density at radius 1 is 0.758 bits per heavy atom. The van der Waals surface area contributed by atoms with Crippen molar-refractivity contribution in [2.24, 2.45) is 11.5 Å². The van der Waals surface area contributed by atoms with Gasteiger partial charge < -0.3 is 11.5 Å². The predicted octanol–water partition coefficient (Wildman–Crippen LogP) is 7.36. The summed E-state index contributed by atoms with van der Waals surface area (Å²) in [7, 11) is 0. The summed E-state index contributed by atoms with van der Waals surface area (Å²) < 4.78 is 0. The highest BCUT2D eigenvalue weighted by molar-refractivity contribution is 5.82. The number of allylic oxidation sites excluding steroid dienone is 6. The Kier molecular flexibility index (Phi) is 6.65. The molecule has 33 heavy (non-hydrogen) atoms. The summed E-state index contributed by atoms with van der Waals surface area (Å²) in [5, 5.41) is 0. The summed E-state index contributed by atoms with van der Waals surface area (Å²) in [4.78, 5) is 0. The summed E-state index contributed by atoms with van der Waals surface area (Å²) >= 11 is 0. The Hall–Kier alpha value is -3.78. The fourth-order valence-electron chi connectivity index (χ4n) is 4.50. The summed E-state index contributed by atoms with van der Waals surface area (Å²) in [6, 6.07) is 21.5. The predicted molar refractivity (Wildman–Crippen MR) is 142 cm³/mol. The molecule has 3 aromatic rings. The monoisotopic (exact) mass is 432 g/mol. The van der Waals surface area contributed by atoms with Gasteiger partial charge in [0.2, 0.25) is 0 Å². The summed E-state index contributed by atoms with van der Waals surface area (Å²) in [6.45, 7) is 6.58. The molecule has 0 bridgehead atoms. The number of aryl methyl sites for hydroxylation is 2. The Balaban J connectivity index is 1.62. The van der Waals surface area contributed by atoms with E-state index in [4.69, 9.17) is 11.5 Å². The molecular weight excluding hydrogens is 400 g/mol. The van der Waals surface area contributed by atoms with Gasteiger partial charge in [-0.05, 0) is 95.8 Å². The third-order valence-corrected chi connectivity index (χ3v) is 6.44. The smallest absolute Gasteiger partial charge is 0.0388 e. The van der Waals surface area contributed by atoms with Crippen LogP contribution >= 0.6 is 0 Å². The molecule has 0 atom stereocenters. The first-order valence-corrected chi connectivity index (χ1v) is 11.5. The van der Waals surface area contributed by atoms with Crippen LogP contribution in [0.1, 0.15) is 35.1 Å². The Morgan fingerprint density at radius 2 is 1.48 bits per heavy atom. The molecule has 2 nitrogen and oxygen atoms in total. The van der Waals surface area contributed by atoms with Gasteiger partial charge in [-0.3, -0.25) is 0 Å². The maximum Gasteiger partial charge on any atom is 0.0388 e. The quantitative estimate of drug-likeness (QED) is 0.414. The van der Waals surface area contributed by atoms with E-state index in [1.807, 2.05) is 12.2 Å². The van der Waals surface area contributed by atoms with Gasteiger partial charge in [0.25, 0.3) is 0 Å². The summed E-state index contributed by atoms with van der Waals surface area (Å²) in [6.07, 6.45) is 12.1. The number of nitrogens with two attached hydrogens (primary N) is 2. The van der Waals surface area contributed by atoms with Crippen LogP contribution in [0.25, 0.3) is 28.0 Å². The molecule has 0 unspecified atom stereocenters. The molecule has 0 fully saturated rings. The molecule has 0 saturated carbocycles. The van der Waals surface area contributed by atoms with Crippen LogP contribution in [-0.2, 0) is 0 Å². The van der Waals surface area contributed by atoms with E-state index in [1.54, 1.807) is 0 Å². The highest BCUT2D eigenvalue weighted by Crippen LogP contribution is 2.36. The van der Waals surface area contributed by atoms with E-state index in [9.17, 15) is 0 Å². The van der Waals surface area contributed by atoms with Gasteiger partial charge in [0.05, 0.1) is 0 Å². The highest BCUT2D eigenvalue weighted by atomic mass is 14.6. The normalized spacial score (nSPS) is 14.3. The molecule has 0 spiro atoms. The van der Waals surface area contributed by atoms with Crippen LogP contribution in [0, 0.1) is 20.8 Å². The van der Waals surface area contributed by atoms with Gasteiger partial charge in [0.1, 0.15) is 0 Å². The van der Waals surface area contributed by atoms with E-state index in [-0.39, 0.29) is 0 Å². The first-order chi connectivity index (χ1) is 16.0. The third kappa shape index (κ3) is 4.85. The Bertz CT molecular complexity index is 1280. The minimum Gasteiger partial charge on any atom is -0.399 e. The van der Waals surface area contributed by atoms with Crippen molar-refractivity contribution in [2.75, 3.05) is 0 Å². The minimum atomic E-state index is 0.706. The van der Waals surface area contributed by atoms with Crippen LogP contribution in [-0.4, -0.2) is 0 Å². The summed E-state index contributed by atoms with van der Waals surface area (Å²) in [5.74, 6) is 0. The van der Waals surface area contributed by atoms with Gasteiger partial charge in [-0.15, -0.1) is 0 Å². The molecule has 1 aliphatic rings. The number of benzene rings is 3. The molecule has 4 rings (SSSR count). The largest absolute Gasteiger partial charge is 0.399 e. The summed E-state index contributed by atoms with van der Waals surface area (Å²) in [5.41, 5.74) is 25.2. The first-order valence-electron chi connectivity index (χ1n) is 11.5. The maximum atomic E-state index is 6.36. The van der Waals surface area contributed by atoms with Crippen LogP contribution in [0.15, 0.2) is 102 Å². The van der Waals surface area contributed by atoms with Crippen LogP contribution in [0.2, 0.25) is 0 Å². The van der Waals surface area contributed by atoms with E-state index >= 15 is 0 Å². The van der Waals surface area contributed by atoms with Crippen molar-refractivity contribution < 1.29 is 0 Å². The molecule has 0 heterocycles. The van der Waals surface area contributed by atoms with Gasteiger partial charge in [-0.2, -0.15) is 0 Å². The molecule has 166 valence electrons. The molecule has 0 saturated heterocycles. The second kappa shape index (κ2) is 9.79. The van der Waals surface area contributed by atoms with E-state index in [0.717, 1.165) is 29.7 Å². The van der Waals surface area contributed by atoms with Crippen molar-refractivity contribution in [3.05, 3.63) is 125 Å². The molecule has 0 radical (unpaired) electrons. The van der Waals surface area contributed by atoms with Crippen molar-refractivity contribution in [3.8, 4) is 22.3 Å². The van der Waals surface area contributed by atoms with Crippen LogP contribution < -0.4 is 11.5 Å². The lowest BCUT2D eigenvalue weighted by atomic mass is 9.87. The molecule has 2 heteroatoms. The zero-order chi connectivity index (χ0) is 23.4. The maximum absolute atomic E-state index is 6.36. The lowest BCUT2D eigenvalue weighted by Crippen LogP contribution is -2.03.